The van der Waals surface area contributed by atoms with Gasteiger partial charge in [-0.2, -0.15) is 5.26 Å². The fraction of sp³-hybridized carbons (Fsp3) is 0.158. The first kappa shape index (κ1) is 15.8. The number of aryl methyl sites for hydroxylation is 1. The van der Waals surface area contributed by atoms with Gasteiger partial charge in [0.2, 0.25) is 5.78 Å². The van der Waals surface area contributed by atoms with E-state index < -0.39 is 0 Å². The van der Waals surface area contributed by atoms with Gasteiger partial charge in [0.05, 0.1) is 16.5 Å². The summed E-state index contributed by atoms with van der Waals surface area (Å²) >= 11 is 0. The van der Waals surface area contributed by atoms with Crippen molar-refractivity contribution in [2.75, 3.05) is 0 Å². The highest BCUT2D eigenvalue weighted by atomic mass is 16.5. The zero-order chi connectivity index (χ0) is 18.1. The maximum absolute atomic E-state index is 12.7. The fourth-order valence-electron chi connectivity index (χ4n) is 3.02. The summed E-state index contributed by atoms with van der Waals surface area (Å²) in [6.45, 7) is 2.51. The Morgan fingerprint density at radius 3 is 2.69 bits per heavy atom. The molecule has 2 heterocycles. The second-order valence-corrected chi connectivity index (χ2v) is 5.71. The van der Waals surface area contributed by atoms with Crippen LogP contribution >= 0.6 is 0 Å². The van der Waals surface area contributed by atoms with Gasteiger partial charge in [0.25, 0.3) is 5.56 Å². The lowest BCUT2D eigenvalue weighted by atomic mass is 10.2. The normalized spacial score (nSPS) is 10.9. The molecule has 7 heteroatoms. The van der Waals surface area contributed by atoms with Crippen LogP contribution in [0.2, 0.25) is 0 Å². The Kier molecular flexibility index (Phi) is 3.86. The van der Waals surface area contributed by atoms with Crippen LogP contribution in [0.25, 0.3) is 16.7 Å². The van der Waals surface area contributed by atoms with E-state index >= 15 is 0 Å². The summed E-state index contributed by atoms with van der Waals surface area (Å²) in [4.78, 5) is 12.7. The third-order valence-corrected chi connectivity index (χ3v) is 4.26. The van der Waals surface area contributed by atoms with Crippen molar-refractivity contribution in [1.29, 1.82) is 5.26 Å². The molecule has 0 radical (unpaired) electrons. The second kappa shape index (κ2) is 6.33. The van der Waals surface area contributed by atoms with Crippen LogP contribution in [0.15, 0.2) is 53.3 Å². The largest absolute Gasteiger partial charge is 0.484 e. The first-order chi connectivity index (χ1) is 12.7. The number of nitrogens with zero attached hydrogens (tertiary/aromatic N) is 5. The standard InChI is InChI=1S/C19H15N5O2/c1-2-23-18(25)14-8-4-5-9-15(14)24-17(21-22-19(23)24)12-26-16-10-6-3-7-13(16)11-20/h3-10H,2,12H2,1H3. The molecule has 2 aromatic carbocycles. The number of fused-ring (bicyclic) bond motifs is 3. The van der Waals surface area contributed by atoms with E-state index in [4.69, 9.17) is 4.74 Å². The molecule has 128 valence electrons. The van der Waals surface area contributed by atoms with E-state index in [0.717, 1.165) is 5.52 Å². The van der Waals surface area contributed by atoms with Gasteiger partial charge in [-0.1, -0.05) is 24.3 Å². The third kappa shape index (κ3) is 2.40. The lowest BCUT2D eigenvalue weighted by Gasteiger charge is -2.10. The Morgan fingerprint density at radius 2 is 1.88 bits per heavy atom. The number of hydrogen-bond donors (Lipinski definition) is 0. The third-order valence-electron chi connectivity index (χ3n) is 4.26. The van der Waals surface area contributed by atoms with Crippen molar-refractivity contribution >= 4 is 16.7 Å². The van der Waals surface area contributed by atoms with Crippen molar-refractivity contribution in [3.05, 3.63) is 70.3 Å². The number of rotatable bonds is 4. The van der Waals surface area contributed by atoms with Gasteiger partial charge < -0.3 is 4.74 Å². The molecule has 0 aliphatic heterocycles. The van der Waals surface area contributed by atoms with Gasteiger partial charge in [-0.3, -0.25) is 13.8 Å². The minimum atomic E-state index is -0.0923. The molecule has 0 aliphatic carbocycles. The molecule has 0 atom stereocenters. The highest BCUT2D eigenvalue weighted by Crippen LogP contribution is 2.19. The lowest BCUT2D eigenvalue weighted by molar-refractivity contribution is 0.294. The van der Waals surface area contributed by atoms with Crippen LogP contribution in [0.5, 0.6) is 5.75 Å². The topological polar surface area (TPSA) is 85.2 Å². The number of hydrogen-bond acceptors (Lipinski definition) is 5. The highest BCUT2D eigenvalue weighted by Gasteiger charge is 2.16. The molecule has 0 N–H and O–H groups in total. The van der Waals surface area contributed by atoms with Gasteiger partial charge >= 0.3 is 0 Å². The maximum Gasteiger partial charge on any atom is 0.262 e. The SMILES string of the molecule is CCn1c(=O)c2ccccc2n2c(COc3ccccc3C#N)nnc12. The molecule has 0 amide bonds. The molecule has 0 fully saturated rings. The molecule has 4 aromatic rings. The molecule has 0 bridgehead atoms. The average Bonchev–Trinajstić information content (AvgIpc) is 3.11. The summed E-state index contributed by atoms with van der Waals surface area (Å²) in [5.41, 5.74) is 1.09. The van der Waals surface area contributed by atoms with Crippen molar-refractivity contribution < 1.29 is 4.74 Å². The van der Waals surface area contributed by atoms with E-state index in [-0.39, 0.29) is 12.2 Å². The summed E-state index contributed by atoms with van der Waals surface area (Å²) in [6.07, 6.45) is 0. The minimum Gasteiger partial charge on any atom is -0.484 e. The number of nitriles is 1. The van der Waals surface area contributed by atoms with E-state index in [1.165, 1.54) is 0 Å². The van der Waals surface area contributed by atoms with Crippen LogP contribution in [0.3, 0.4) is 0 Å². The van der Waals surface area contributed by atoms with Crippen molar-refractivity contribution in [1.82, 2.24) is 19.2 Å². The molecule has 7 nitrogen and oxygen atoms in total. The summed E-state index contributed by atoms with van der Waals surface area (Å²) in [6, 6.07) is 16.5. The van der Waals surface area contributed by atoms with Gasteiger partial charge in [0, 0.05) is 6.54 Å². The zero-order valence-corrected chi connectivity index (χ0v) is 14.1. The predicted octanol–water partition coefficient (Wildman–Crippen LogP) is 2.51. The molecule has 0 saturated carbocycles. The number of ether oxygens (including phenoxy) is 1. The van der Waals surface area contributed by atoms with Crippen LogP contribution in [-0.2, 0) is 13.2 Å². The van der Waals surface area contributed by atoms with Crippen LogP contribution < -0.4 is 10.3 Å². The summed E-state index contributed by atoms with van der Waals surface area (Å²) in [5, 5.41) is 18.2. The lowest BCUT2D eigenvalue weighted by Crippen LogP contribution is -2.22. The first-order valence-corrected chi connectivity index (χ1v) is 8.22. The molecule has 0 saturated heterocycles. The van der Waals surface area contributed by atoms with E-state index in [9.17, 15) is 10.1 Å². The summed E-state index contributed by atoms with van der Waals surface area (Å²) in [5.74, 6) is 1.52. The van der Waals surface area contributed by atoms with Crippen LogP contribution in [-0.4, -0.2) is 19.2 Å². The van der Waals surface area contributed by atoms with Crippen LogP contribution in [0.4, 0.5) is 0 Å². The zero-order valence-electron chi connectivity index (χ0n) is 14.1. The maximum atomic E-state index is 12.7. The van der Waals surface area contributed by atoms with Crippen molar-refractivity contribution in [3.63, 3.8) is 0 Å². The Labute approximate surface area is 148 Å². The molecule has 4 rings (SSSR count). The van der Waals surface area contributed by atoms with E-state index in [0.29, 0.717) is 34.8 Å². The van der Waals surface area contributed by atoms with Crippen molar-refractivity contribution in [2.45, 2.75) is 20.1 Å². The Morgan fingerprint density at radius 1 is 1.12 bits per heavy atom. The van der Waals surface area contributed by atoms with Crippen LogP contribution in [0, 0.1) is 11.3 Å². The van der Waals surface area contributed by atoms with Crippen molar-refractivity contribution in [3.8, 4) is 11.8 Å². The molecular weight excluding hydrogens is 330 g/mol. The number of para-hydroxylation sites is 2. The summed E-state index contributed by atoms with van der Waals surface area (Å²) in [7, 11) is 0. The van der Waals surface area contributed by atoms with Gasteiger partial charge in [0.1, 0.15) is 18.4 Å². The highest BCUT2D eigenvalue weighted by molar-refractivity contribution is 5.80. The average molecular weight is 345 g/mol. The van der Waals surface area contributed by atoms with Gasteiger partial charge in [-0.15, -0.1) is 10.2 Å². The Bertz CT molecular complexity index is 1220. The van der Waals surface area contributed by atoms with Gasteiger partial charge in [-0.25, -0.2) is 0 Å². The molecule has 0 spiro atoms. The molecule has 2 aromatic heterocycles. The number of aromatic nitrogens is 4. The molecule has 0 aliphatic rings. The molecule has 0 unspecified atom stereocenters. The summed E-state index contributed by atoms with van der Waals surface area (Å²) < 4.78 is 9.21. The fourth-order valence-corrected chi connectivity index (χ4v) is 3.02. The van der Waals surface area contributed by atoms with E-state index in [1.807, 2.05) is 35.6 Å². The Balaban J connectivity index is 1.86. The second-order valence-electron chi connectivity index (χ2n) is 5.71. The van der Waals surface area contributed by atoms with Gasteiger partial charge in [-0.05, 0) is 31.2 Å². The van der Waals surface area contributed by atoms with Crippen LogP contribution in [0.1, 0.15) is 18.3 Å². The monoisotopic (exact) mass is 345 g/mol. The van der Waals surface area contributed by atoms with Crippen molar-refractivity contribution in [2.24, 2.45) is 0 Å². The quantitative estimate of drug-likeness (QED) is 0.567. The minimum absolute atomic E-state index is 0.0923. The van der Waals surface area contributed by atoms with Gasteiger partial charge in [0.15, 0.2) is 5.82 Å². The molecular formula is C19H15N5O2. The van der Waals surface area contributed by atoms with E-state index in [2.05, 4.69) is 16.3 Å². The number of benzene rings is 2. The predicted molar refractivity (Wildman–Crippen MR) is 95.9 cm³/mol. The first-order valence-electron chi connectivity index (χ1n) is 8.22. The molecule has 26 heavy (non-hydrogen) atoms. The Hall–Kier alpha value is -3.66. The van der Waals surface area contributed by atoms with E-state index in [1.54, 1.807) is 28.8 Å². The smallest absolute Gasteiger partial charge is 0.262 e.